The van der Waals surface area contributed by atoms with Gasteiger partial charge in [0.1, 0.15) is 12.6 Å². The minimum atomic E-state index is -4.09. The van der Waals surface area contributed by atoms with E-state index in [-0.39, 0.29) is 23.4 Å². The first-order valence-corrected chi connectivity index (χ1v) is 14.6. The third-order valence-corrected chi connectivity index (χ3v) is 8.35. The molecule has 0 aliphatic carbocycles. The molecule has 0 bridgehead atoms. The van der Waals surface area contributed by atoms with Crippen LogP contribution in [-0.2, 0) is 26.2 Å². The zero-order valence-electron chi connectivity index (χ0n) is 22.3. The van der Waals surface area contributed by atoms with E-state index in [1.807, 2.05) is 64.1 Å². The molecular formula is C29H34BrN3O4S. The van der Waals surface area contributed by atoms with Crippen LogP contribution in [0.1, 0.15) is 37.5 Å². The lowest BCUT2D eigenvalue weighted by atomic mass is 10.1. The molecule has 3 aromatic carbocycles. The van der Waals surface area contributed by atoms with Gasteiger partial charge in [0.05, 0.1) is 10.6 Å². The molecule has 0 fully saturated rings. The van der Waals surface area contributed by atoms with E-state index in [1.165, 1.54) is 17.0 Å². The van der Waals surface area contributed by atoms with Crippen molar-refractivity contribution >= 4 is 43.5 Å². The number of rotatable bonds is 10. The van der Waals surface area contributed by atoms with Crippen LogP contribution in [0.5, 0.6) is 0 Å². The predicted molar refractivity (Wildman–Crippen MR) is 154 cm³/mol. The third-order valence-electron chi connectivity index (χ3n) is 6.08. The number of hydrogen-bond acceptors (Lipinski definition) is 4. The van der Waals surface area contributed by atoms with Gasteiger partial charge in [0.25, 0.3) is 10.0 Å². The molecule has 0 heterocycles. The van der Waals surface area contributed by atoms with Crippen molar-refractivity contribution in [3.63, 3.8) is 0 Å². The van der Waals surface area contributed by atoms with Gasteiger partial charge in [0.15, 0.2) is 0 Å². The number of anilines is 1. The molecule has 1 N–H and O–H groups in total. The van der Waals surface area contributed by atoms with E-state index in [1.54, 1.807) is 31.2 Å². The topological polar surface area (TPSA) is 86.8 Å². The SMILES string of the molecule is Cc1ccc(C)c(N(CC(=O)N(Cc2cccc(Br)c2)C(C)C(=O)NC(C)C)S(=O)(=O)c2ccccc2)c1. The van der Waals surface area contributed by atoms with Crippen molar-refractivity contribution in [2.24, 2.45) is 0 Å². The van der Waals surface area contributed by atoms with E-state index < -0.39 is 28.5 Å². The molecule has 0 aliphatic rings. The average Bonchev–Trinajstić information content (AvgIpc) is 2.87. The molecule has 0 aliphatic heterocycles. The number of benzene rings is 3. The smallest absolute Gasteiger partial charge is 0.264 e. The number of amides is 2. The number of sulfonamides is 1. The number of carbonyl (C=O) groups is 2. The summed E-state index contributed by atoms with van der Waals surface area (Å²) in [5.41, 5.74) is 2.80. The number of halogens is 1. The Bertz CT molecular complexity index is 1390. The second kappa shape index (κ2) is 12.6. The Morgan fingerprint density at radius 1 is 0.921 bits per heavy atom. The van der Waals surface area contributed by atoms with E-state index in [0.29, 0.717) is 11.3 Å². The second-order valence-electron chi connectivity index (χ2n) is 9.61. The van der Waals surface area contributed by atoms with E-state index in [4.69, 9.17) is 0 Å². The van der Waals surface area contributed by atoms with Gasteiger partial charge in [-0.1, -0.05) is 58.4 Å². The maximum absolute atomic E-state index is 14.0. The minimum Gasteiger partial charge on any atom is -0.352 e. The van der Waals surface area contributed by atoms with Gasteiger partial charge >= 0.3 is 0 Å². The Morgan fingerprint density at radius 3 is 2.24 bits per heavy atom. The van der Waals surface area contributed by atoms with Gasteiger partial charge in [-0.25, -0.2) is 8.42 Å². The predicted octanol–water partition coefficient (Wildman–Crippen LogP) is 5.20. The fourth-order valence-electron chi connectivity index (χ4n) is 4.04. The van der Waals surface area contributed by atoms with Crippen molar-refractivity contribution in [1.82, 2.24) is 10.2 Å². The minimum absolute atomic E-state index is 0.0813. The highest BCUT2D eigenvalue weighted by molar-refractivity contribution is 9.10. The van der Waals surface area contributed by atoms with Gasteiger partial charge in [0, 0.05) is 17.1 Å². The maximum Gasteiger partial charge on any atom is 0.264 e. The van der Waals surface area contributed by atoms with Crippen LogP contribution >= 0.6 is 15.9 Å². The van der Waals surface area contributed by atoms with Crippen LogP contribution < -0.4 is 9.62 Å². The zero-order chi connectivity index (χ0) is 28.0. The largest absolute Gasteiger partial charge is 0.352 e. The molecule has 1 unspecified atom stereocenters. The molecule has 7 nitrogen and oxygen atoms in total. The Labute approximate surface area is 234 Å². The summed E-state index contributed by atoms with van der Waals surface area (Å²) in [6.07, 6.45) is 0. The Hall–Kier alpha value is -3.17. The third kappa shape index (κ3) is 7.23. The summed E-state index contributed by atoms with van der Waals surface area (Å²) in [5, 5.41) is 2.86. The average molecular weight is 601 g/mol. The van der Waals surface area contributed by atoms with Crippen LogP contribution in [0.15, 0.2) is 82.2 Å². The second-order valence-corrected chi connectivity index (χ2v) is 12.4. The number of aryl methyl sites for hydroxylation is 2. The van der Waals surface area contributed by atoms with E-state index in [9.17, 15) is 18.0 Å². The molecule has 3 rings (SSSR count). The number of carbonyl (C=O) groups excluding carboxylic acids is 2. The Balaban J connectivity index is 2.07. The van der Waals surface area contributed by atoms with Crippen molar-refractivity contribution in [3.8, 4) is 0 Å². The lowest BCUT2D eigenvalue weighted by Gasteiger charge is -2.33. The van der Waals surface area contributed by atoms with Crippen LogP contribution in [0.4, 0.5) is 5.69 Å². The zero-order valence-corrected chi connectivity index (χ0v) is 24.7. The van der Waals surface area contributed by atoms with Gasteiger partial charge in [-0.2, -0.15) is 0 Å². The first-order chi connectivity index (χ1) is 17.9. The molecule has 0 spiro atoms. The summed E-state index contributed by atoms with van der Waals surface area (Å²) in [6, 6.07) is 20.1. The van der Waals surface area contributed by atoms with Crippen molar-refractivity contribution in [3.05, 3.63) is 94.0 Å². The van der Waals surface area contributed by atoms with Gasteiger partial charge in [-0.15, -0.1) is 0 Å². The molecule has 0 saturated carbocycles. The number of hydrogen-bond donors (Lipinski definition) is 1. The van der Waals surface area contributed by atoms with Gasteiger partial charge in [-0.05, 0) is 81.6 Å². The van der Waals surface area contributed by atoms with E-state index in [2.05, 4.69) is 21.2 Å². The summed E-state index contributed by atoms with van der Waals surface area (Å²) < 4.78 is 29.7. The molecule has 1 atom stereocenters. The molecular weight excluding hydrogens is 566 g/mol. The standard InChI is InChI=1S/C29H34BrN3O4S/c1-20(2)31-29(35)23(5)32(18-24-10-9-11-25(30)17-24)28(34)19-33(27-16-21(3)14-15-22(27)4)38(36,37)26-12-7-6-8-13-26/h6-17,20,23H,18-19H2,1-5H3,(H,31,35). The van der Waals surface area contributed by atoms with Crippen LogP contribution in [0, 0.1) is 13.8 Å². The number of nitrogens with zero attached hydrogens (tertiary/aromatic N) is 2. The molecule has 202 valence electrons. The quantitative estimate of drug-likeness (QED) is 0.347. The first-order valence-electron chi connectivity index (χ1n) is 12.4. The maximum atomic E-state index is 14.0. The summed E-state index contributed by atoms with van der Waals surface area (Å²) in [7, 11) is -4.09. The van der Waals surface area contributed by atoms with Crippen molar-refractivity contribution < 1.29 is 18.0 Å². The molecule has 2 amide bonds. The lowest BCUT2D eigenvalue weighted by Crippen LogP contribution is -2.52. The van der Waals surface area contributed by atoms with E-state index >= 15 is 0 Å². The van der Waals surface area contributed by atoms with Crippen LogP contribution in [-0.4, -0.2) is 43.8 Å². The Kier molecular flexibility index (Phi) is 9.73. The molecule has 0 saturated heterocycles. The summed E-state index contributed by atoms with van der Waals surface area (Å²) in [5.74, 6) is -0.802. The molecule has 9 heteroatoms. The van der Waals surface area contributed by atoms with E-state index in [0.717, 1.165) is 19.9 Å². The fraction of sp³-hybridized carbons (Fsp3) is 0.310. The normalized spacial score (nSPS) is 12.2. The molecule has 0 aromatic heterocycles. The van der Waals surface area contributed by atoms with Gasteiger partial charge in [-0.3, -0.25) is 13.9 Å². The molecule has 38 heavy (non-hydrogen) atoms. The summed E-state index contributed by atoms with van der Waals surface area (Å²) in [4.78, 5) is 28.4. The van der Waals surface area contributed by atoms with Crippen molar-refractivity contribution in [1.29, 1.82) is 0 Å². The summed E-state index contributed by atoms with van der Waals surface area (Å²) in [6.45, 7) is 8.70. The van der Waals surface area contributed by atoms with Gasteiger partial charge in [0.2, 0.25) is 11.8 Å². The lowest BCUT2D eigenvalue weighted by molar-refractivity contribution is -0.139. The highest BCUT2D eigenvalue weighted by Gasteiger charge is 2.33. The van der Waals surface area contributed by atoms with Crippen LogP contribution in [0.2, 0.25) is 0 Å². The Morgan fingerprint density at radius 2 is 1.61 bits per heavy atom. The summed E-state index contributed by atoms with van der Waals surface area (Å²) >= 11 is 3.46. The van der Waals surface area contributed by atoms with Crippen molar-refractivity contribution in [2.45, 2.75) is 58.1 Å². The molecule has 3 aromatic rings. The molecule has 0 radical (unpaired) electrons. The van der Waals surface area contributed by atoms with Crippen LogP contribution in [0.25, 0.3) is 0 Å². The fourth-order valence-corrected chi connectivity index (χ4v) is 5.98. The van der Waals surface area contributed by atoms with Crippen LogP contribution in [0.3, 0.4) is 0 Å². The highest BCUT2D eigenvalue weighted by atomic mass is 79.9. The monoisotopic (exact) mass is 599 g/mol. The van der Waals surface area contributed by atoms with Crippen molar-refractivity contribution in [2.75, 3.05) is 10.8 Å². The first kappa shape index (κ1) is 29.4. The van der Waals surface area contributed by atoms with Gasteiger partial charge < -0.3 is 10.2 Å². The number of nitrogens with one attached hydrogen (secondary N) is 1. The highest BCUT2D eigenvalue weighted by Crippen LogP contribution is 2.28.